The lowest BCUT2D eigenvalue weighted by Crippen LogP contribution is -2.19. The van der Waals surface area contributed by atoms with E-state index in [1.165, 1.54) is 12.1 Å². The maximum atomic E-state index is 13.3. The number of anilines is 1. The highest BCUT2D eigenvalue weighted by molar-refractivity contribution is 5.85. The van der Waals surface area contributed by atoms with Gasteiger partial charge in [0.1, 0.15) is 11.6 Å². The first-order valence-electron chi connectivity index (χ1n) is 8.14. The minimum atomic E-state index is -0.249. The fourth-order valence-electron chi connectivity index (χ4n) is 3.13. The minimum absolute atomic E-state index is 0.0232. The Hall–Kier alpha value is -2.07. The number of benzene rings is 2. The molecule has 122 valence electrons. The van der Waals surface area contributed by atoms with Gasteiger partial charge in [-0.05, 0) is 55.2 Å². The summed E-state index contributed by atoms with van der Waals surface area (Å²) >= 11 is 0. The standard InChI is InChI=1S/C19H22FNO2/c1-2-23-18-12-14(13-22)11-17(21-9-3-4-10-21)19(18)15-5-7-16(20)8-6-15/h5-8,11-12,22H,2-4,9-10,13H2,1H3. The summed E-state index contributed by atoms with van der Waals surface area (Å²) in [6, 6.07) is 10.4. The van der Waals surface area contributed by atoms with Crippen molar-refractivity contribution in [2.75, 3.05) is 24.6 Å². The average molecular weight is 315 g/mol. The van der Waals surface area contributed by atoms with Gasteiger partial charge in [0.2, 0.25) is 0 Å². The Kier molecular flexibility index (Phi) is 4.82. The quantitative estimate of drug-likeness (QED) is 0.906. The summed E-state index contributed by atoms with van der Waals surface area (Å²) in [5, 5.41) is 9.57. The number of hydrogen-bond acceptors (Lipinski definition) is 3. The van der Waals surface area contributed by atoms with Crippen molar-refractivity contribution in [2.45, 2.75) is 26.4 Å². The SMILES string of the molecule is CCOc1cc(CO)cc(N2CCCC2)c1-c1ccc(F)cc1. The first-order valence-corrected chi connectivity index (χ1v) is 8.14. The zero-order valence-electron chi connectivity index (χ0n) is 13.4. The van der Waals surface area contributed by atoms with Crippen molar-refractivity contribution in [3.05, 3.63) is 47.8 Å². The van der Waals surface area contributed by atoms with Crippen molar-refractivity contribution < 1.29 is 14.2 Å². The summed E-state index contributed by atoms with van der Waals surface area (Å²) < 4.78 is 19.1. The second-order valence-electron chi connectivity index (χ2n) is 5.78. The third-order valence-corrected chi connectivity index (χ3v) is 4.20. The van der Waals surface area contributed by atoms with Gasteiger partial charge < -0.3 is 14.7 Å². The van der Waals surface area contributed by atoms with Crippen LogP contribution in [-0.4, -0.2) is 24.8 Å². The van der Waals surface area contributed by atoms with Gasteiger partial charge in [-0.2, -0.15) is 0 Å². The largest absolute Gasteiger partial charge is 0.493 e. The summed E-state index contributed by atoms with van der Waals surface area (Å²) in [5.41, 5.74) is 3.80. The van der Waals surface area contributed by atoms with Crippen molar-refractivity contribution in [1.29, 1.82) is 0 Å². The van der Waals surface area contributed by atoms with Gasteiger partial charge in [0, 0.05) is 24.3 Å². The van der Waals surface area contributed by atoms with Crippen LogP contribution in [-0.2, 0) is 6.61 Å². The molecule has 1 fully saturated rings. The Balaban J connectivity index is 2.17. The highest BCUT2D eigenvalue weighted by atomic mass is 19.1. The number of aliphatic hydroxyl groups excluding tert-OH is 1. The lowest BCUT2D eigenvalue weighted by molar-refractivity contribution is 0.280. The molecule has 2 aromatic carbocycles. The normalized spacial score (nSPS) is 14.3. The number of halogens is 1. The fraction of sp³-hybridized carbons (Fsp3) is 0.368. The molecule has 1 heterocycles. The van der Waals surface area contributed by atoms with Crippen LogP contribution in [0, 0.1) is 5.82 Å². The molecule has 1 N–H and O–H groups in total. The first kappa shape index (κ1) is 15.8. The van der Waals surface area contributed by atoms with Crippen molar-refractivity contribution in [3.8, 4) is 16.9 Å². The van der Waals surface area contributed by atoms with E-state index in [1.54, 1.807) is 12.1 Å². The van der Waals surface area contributed by atoms with Crippen molar-refractivity contribution in [1.82, 2.24) is 0 Å². The Morgan fingerprint density at radius 1 is 1.13 bits per heavy atom. The monoisotopic (exact) mass is 315 g/mol. The molecule has 2 aromatic rings. The molecule has 1 saturated heterocycles. The van der Waals surface area contributed by atoms with Crippen molar-refractivity contribution in [3.63, 3.8) is 0 Å². The van der Waals surface area contributed by atoms with Gasteiger partial charge in [-0.1, -0.05) is 12.1 Å². The molecule has 0 aliphatic carbocycles. The average Bonchev–Trinajstić information content (AvgIpc) is 3.10. The van der Waals surface area contributed by atoms with E-state index < -0.39 is 0 Å². The molecule has 3 rings (SSSR count). The van der Waals surface area contributed by atoms with Gasteiger partial charge >= 0.3 is 0 Å². The lowest BCUT2D eigenvalue weighted by Gasteiger charge is -2.25. The van der Waals surface area contributed by atoms with Gasteiger partial charge in [-0.15, -0.1) is 0 Å². The van der Waals surface area contributed by atoms with Crippen LogP contribution in [0.3, 0.4) is 0 Å². The van der Waals surface area contributed by atoms with Crippen molar-refractivity contribution >= 4 is 5.69 Å². The van der Waals surface area contributed by atoms with Crippen molar-refractivity contribution in [2.24, 2.45) is 0 Å². The highest BCUT2D eigenvalue weighted by Crippen LogP contribution is 2.41. The van der Waals surface area contributed by atoms with Gasteiger partial charge in [-0.3, -0.25) is 0 Å². The van der Waals surface area contributed by atoms with Crippen LogP contribution in [0.2, 0.25) is 0 Å². The van der Waals surface area contributed by atoms with E-state index in [0.29, 0.717) is 6.61 Å². The summed E-state index contributed by atoms with van der Waals surface area (Å²) in [6.45, 7) is 4.45. The number of ether oxygens (including phenoxy) is 1. The number of nitrogens with zero attached hydrogens (tertiary/aromatic N) is 1. The summed E-state index contributed by atoms with van der Waals surface area (Å²) in [4.78, 5) is 2.32. The van der Waals surface area contributed by atoms with Gasteiger partial charge in [-0.25, -0.2) is 4.39 Å². The molecular weight excluding hydrogens is 293 g/mol. The third kappa shape index (κ3) is 3.32. The van der Waals surface area contributed by atoms with Gasteiger partial charge in [0.25, 0.3) is 0 Å². The second-order valence-corrected chi connectivity index (χ2v) is 5.78. The maximum absolute atomic E-state index is 13.3. The molecule has 0 unspecified atom stereocenters. The maximum Gasteiger partial charge on any atom is 0.129 e. The van der Waals surface area contributed by atoms with Crippen LogP contribution in [0.25, 0.3) is 11.1 Å². The Morgan fingerprint density at radius 2 is 1.83 bits per heavy atom. The zero-order chi connectivity index (χ0) is 16.2. The first-order chi connectivity index (χ1) is 11.2. The van der Waals surface area contributed by atoms with E-state index in [1.807, 2.05) is 19.1 Å². The molecule has 0 saturated carbocycles. The molecule has 4 heteroatoms. The number of aliphatic hydroxyl groups is 1. The highest BCUT2D eigenvalue weighted by Gasteiger charge is 2.21. The summed E-state index contributed by atoms with van der Waals surface area (Å²) in [5.74, 6) is 0.494. The molecular formula is C19H22FNO2. The molecule has 0 spiro atoms. The van der Waals surface area contributed by atoms with Crippen LogP contribution >= 0.6 is 0 Å². The number of hydrogen-bond donors (Lipinski definition) is 1. The van der Waals surface area contributed by atoms with Gasteiger partial charge in [0.15, 0.2) is 0 Å². The van der Waals surface area contributed by atoms with E-state index in [4.69, 9.17) is 4.74 Å². The molecule has 0 bridgehead atoms. The van der Waals surface area contributed by atoms with E-state index in [2.05, 4.69) is 4.90 Å². The van der Waals surface area contributed by atoms with E-state index >= 15 is 0 Å². The van der Waals surface area contributed by atoms with E-state index in [0.717, 1.165) is 54.1 Å². The van der Waals surface area contributed by atoms with Crippen LogP contribution < -0.4 is 9.64 Å². The molecule has 1 aliphatic rings. The second kappa shape index (κ2) is 7.01. The Morgan fingerprint density at radius 3 is 2.43 bits per heavy atom. The van der Waals surface area contributed by atoms with Crippen LogP contribution in [0.4, 0.5) is 10.1 Å². The van der Waals surface area contributed by atoms with Crippen LogP contribution in [0.15, 0.2) is 36.4 Å². The van der Waals surface area contributed by atoms with Crippen LogP contribution in [0.5, 0.6) is 5.75 Å². The molecule has 3 nitrogen and oxygen atoms in total. The smallest absolute Gasteiger partial charge is 0.129 e. The summed E-state index contributed by atoms with van der Waals surface area (Å²) in [6.07, 6.45) is 2.33. The molecule has 0 aromatic heterocycles. The third-order valence-electron chi connectivity index (χ3n) is 4.20. The summed E-state index contributed by atoms with van der Waals surface area (Å²) in [7, 11) is 0. The topological polar surface area (TPSA) is 32.7 Å². The molecule has 1 aliphatic heterocycles. The molecule has 0 amide bonds. The minimum Gasteiger partial charge on any atom is -0.493 e. The lowest BCUT2D eigenvalue weighted by atomic mass is 9.99. The fourth-order valence-corrected chi connectivity index (χ4v) is 3.13. The van der Waals surface area contributed by atoms with Gasteiger partial charge in [0.05, 0.1) is 13.2 Å². The van der Waals surface area contributed by atoms with Crippen LogP contribution in [0.1, 0.15) is 25.3 Å². The van der Waals surface area contributed by atoms with E-state index in [-0.39, 0.29) is 12.4 Å². The Bertz CT molecular complexity index is 664. The Labute approximate surface area is 136 Å². The number of rotatable bonds is 5. The predicted octanol–water partition coefficient (Wildman–Crippen LogP) is 3.98. The van der Waals surface area contributed by atoms with E-state index in [9.17, 15) is 9.50 Å². The molecule has 0 atom stereocenters. The predicted molar refractivity (Wildman–Crippen MR) is 90.4 cm³/mol. The zero-order valence-corrected chi connectivity index (χ0v) is 13.4. The molecule has 23 heavy (non-hydrogen) atoms. The molecule has 0 radical (unpaired) electrons.